The monoisotopic (exact) mass is 503 g/mol. The van der Waals surface area contributed by atoms with Gasteiger partial charge in [-0.3, -0.25) is 4.72 Å². The number of hydrogen-bond donors (Lipinski definition) is 1. The van der Waals surface area contributed by atoms with Crippen molar-refractivity contribution in [1.29, 1.82) is 0 Å². The Kier molecular flexibility index (Phi) is 5.67. The SMILES string of the molecule is Cc1c(C(F)(F)F)cc(C2Oc3ccc(NS(=O)(=O)c4ccccc4)cc3O2)cc1C(F)(F)F. The summed E-state index contributed by atoms with van der Waals surface area (Å²) in [6.07, 6.45) is -11.7. The predicted molar refractivity (Wildman–Crippen MR) is 109 cm³/mol. The van der Waals surface area contributed by atoms with Crippen LogP contribution in [0.2, 0.25) is 0 Å². The Balaban J connectivity index is 1.64. The molecule has 0 saturated heterocycles. The van der Waals surface area contributed by atoms with Crippen LogP contribution < -0.4 is 14.2 Å². The Morgan fingerprint density at radius 1 is 0.794 bits per heavy atom. The number of halogens is 6. The summed E-state index contributed by atoms with van der Waals surface area (Å²) in [5, 5.41) is 0. The van der Waals surface area contributed by atoms with E-state index >= 15 is 0 Å². The van der Waals surface area contributed by atoms with Crippen LogP contribution in [-0.2, 0) is 22.4 Å². The minimum atomic E-state index is -5.03. The molecule has 34 heavy (non-hydrogen) atoms. The van der Waals surface area contributed by atoms with Crippen LogP contribution in [-0.4, -0.2) is 8.42 Å². The number of nitrogens with one attached hydrogen (secondary N) is 1. The molecule has 4 rings (SSSR count). The zero-order chi connectivity index (χ0) is 24.9. The van der Waals surface area contributed by atoms with Crippen LogP contribution in [0.1, 0.15) is 28.5 Å². The largest absolute Gasteiger partial charge is 0.447 e. The lowest BCUT2D eigenvalue weighted by Gasteiger charge is -2.20. The predicted octanol–water partition coefficient (Wildman–Crippen LogP) is 6.30. The fourth-order valence-electron chi connectivity index (χ4n) is 3.43. The summed E-state index contributed by atoms with van der Waals surface area (Å²) in [7, 11) is -3.94. The number of benzene rings is 3. The molecule has 1 unspecified atom stereocenters. The maximum Gasteiger partial charge on any atom is 0.416 e. The Morgan fingerprint density at radius 2 is 1.35 bits per heavy atom. The van der Waals surface area contributed by atoms with Crippen molar-refractivity contribution in [3.05, 3.63) is 82.9 Å². The molecule has 1 aliphatic heterocycles. The van der Waals surface area contributed by atoms with Gasteiger partial charge in [-0.1, -0.05) is 18.2 Å². The molecular weight excluding hydrogens is 488 g/mol. The number of hydrogen-bond acceptors (Lipinski definition) is 4. The van der Waals surface area contributed by atoms with Gasteiger partial charge in [-0.15, -0.1) is 0 Å². The Bertz CT molecular complexity index is 1300. The van der Waals surface area contributed by atoms with Crippen LogP contribution >= 0.6 is 0 Å². The molecule has 12 heteroatoms. The van der Waals surface area contributed by atoms with E-state index in [0.717, 1.165) is 6.92 Å². The van der Waals surface area contributed by atoms with Gasteiger partial charge in [0.05, 0.1) is 21.7 Å². The summed E-state index contributed by atoms with van der Waals surface area (Å²) in [4.78, 5) is -0.00967. The molecule has 3 aromatic rings. The Hall–Kier alpha value is -3.41. The van der Waals surface area contributed by atoms with Gasteiger partial charge in [0.25, 0.3) is 16.3 Å². The normalized spacial score (nSPS) is 15.9. The van der Waals surface area contributed by atoms with Gasteiger partial charge in [-0.2, -0.15) is 26.3 Å². The van der Waals surface area contributed by atoms with Gasteiger partial charge >= 0.3 is 12.4 Å². The maximum atomic E-state index is 13.4. The number of ether oxygens (including phenoxy) is 2. The van der Waals surface area contributed by atoms with Crippen LogP contribution in [0.15, 0.2) is 65.6 Å². The zero-order valence-electron chi connectivity index (χ0n) is 17.2. The number of alkyl halides is 6. The Morgan fingerprint density at radius 3 is 1.91 bits per heavy atom. The summed E-state index contributed by atoms with van der Waals surface area (Å²) < 4.78 is 118. The van der Waals surface area contributed by atoms with Gasteiger partial charge in [0.1, 0.15) is 0 Å². The molecule has 0 radical (unpaired) electrons. The van der Waals surface area contributed by atoms with Crippen LogP contribution in [0.3, 0.4) is 0 Å². The molecule has 3 aromatic carbocycles. The maximum absolute atomic E-state index is 13.4. The minimum Gasteiger partial charge on any atom is -0.447 e. The molecule has 1 heterocycles. The first kappa shape index (κ1) is 23.7. The third-order valence-corrected chi connectivity index (χ3v) is 6.43. The van der Waals surface area contributed by atoms with E-state index in [1.54, 1.807) is 6.07 Å². The van der Waals surface area contributed by atoms with Crippen LogP contribution in [0.5, 0.6) is 11.5 Å². The first-order valence-electron chi connectivity index (χ1n) is 9.60. The summed E-state index contributed by atoms with van der Waals surface area (Å²) in [5.74, 6) is -0.0312. The second-order valence-corrected chi connectivity index (χ2v) is 9.07. The molecule has 0 aliphatic carbocycles. The Labute approximate surface area is 190 Å². The quantitative estimate of drug-likeness (QED) is 0.425. The summed E-state index contributed by atoms with van der Waals surface area (Å²) in [6, 6.07) is 12.4. The van der Waals surface area contributed by atoms with Crippen molar-refractivity contribution in [3.8, 4) is 11.5 Å². The van der Waals surface area contributed by atoms with E-state index in [1.165, 1.54) is 42.5 Å². The van der Waals surface area contributed by atoms with Crippen molar-refractivity contribution in [2.24, 2.45) is 0 Å². The summed E-state index contributed by atoms with van der Waals surface area (Å²) in [5.41, 5.74) is -4.32. The highest BCUT2D eigenvalue weighted by molar-refractivity contribution is 7.92. The van der Waals surface area contributed by atoms with Gasteiger partial charge in [0, 0.05) is 11.6 Å². The highest BCUT2D eigenvalue weighted by atomic mass is 32.2. The third-order valence-electron chi connectivity index (χ3n) is 5.03. The number of fused-ring (bicyclic) bond motifs is 1. The van der Waals surface area contributed by atoms with E-state index in [2.05, 4.69) is 4.72 Å². The fraction of sp³-hybridized carbons (Fsp3) is 0.182. The number of rotatable bonds is 4. The molecule has 5 nitrogen and oxygen atoms in total. The first-order valence-corrected chi connectivity index (χ1v) is 11.1. The third kappa shape index (κ3) is 4.63. The average Bonchev–Trinajstić information content (AvgIpc) is 3.16. The molecule has 180 valence electrons. The molecule has 1 N–H and O–H groups in total. The molecule has 1 aliphatic rings. The van der Waals surface area contributed by atoms with E-state index in [0.29, 0.717) is 12.1 Å². The van der Waals surface area contributed by atoms with Crippen LogP contribution in [0.25, 0.3) is 0 Å². The highest BCUT2D eigenvalue weighted by Gasteiger charge is 2.41. The van der Waals surface area contributed by atoms with E-state index in [4.69, 9.17) is 9.47 Å². The topological polar surface area (TPSA) is 64.6 Å². The van der Waals surface area contributed by atoms with E-state index in [-0.39, 0.29) is 22.1 Å². The van der Waals surface area contributed by atoms with Gasteiger partial charge in [0.15, 0.2) is 11.5 Å². The van der Waals surface area contributed by atoms with E-state index in [1.807, 2.05) is 0 Å². The first-order chi connectivity index (χ1) is 15.8. The zero-order valence-corrected chi connectivity index (χ0v) is 18.0. The molecule has 0 bridgehead atoms. The van der Waals surface area contributed by atoms with Gasteiger partial charge in [-0.25, -0.2) is 8.42 Å². The second-order valence-electron chi connectivity index (χ2n) is 7.38. The van der Waals surface area contributed by atoms with Crippen molar-refractivity contribution < 1.29 is 44.2 Å². The van der Waals surface area contributed by atoms with Crippen molar-refractivity contribution >= 4 is 15.7 Å². The highest BCUT2D eigenvalue weighted by Crippen LogP contribution is 2.45. The molecule has 0 saturated carbocycles. The van der Waals surface area contributed by atoms with E-state index < -0.39 is 50.9 Å². The lowest BCUT2D eigenvalue weighted by Crippen LogP contribution is -2.18. The fourth-order valence-corrected chi connectivity index (χ4v) is 4.50. The van der Waals surface area contributed by atoms with E-state index in [9.17, 15) is 34.8 Å². The van der Waals surface area contributed by atoms with Crippen molar-refractivity contribution in [2.75, 3.05) is 4.72 Å². The van der Waals surface area contributed by atoms with Crippen LogP contribution in [0, 0.1) is 6.92 Å². The average molecular weight is 503 g/mol. The van der Waals surface area contributed by atoms with Gasteiger partial charge in [0.2, 0.25) is 0 Å². The number of sulfonamides is 1. The van der Waals surface area contributed by atoms with Crippen molar-refractivity contribution in [2.45, 2.75) is 30.5 Å². The molecule has 0 aromatic heterocycles. The molecule has 1 atom stereocenters. The second kappa shape index (κ2) is 8.12. The smallest absolute Gasteiger partial charge is 0.416 e. The molecule has 0 amide bonds. The van der Waals surface area contributed by atoms with Crippen LogP contribution in [0.4, 0.5) is 32.0 Å². The standard InChI is InChI=1S/C22H15F6NO4S/c1-12-16(21(23,24)25)9-13(10-17(12)22(26,27)28)20-32-18-8-7-14(11-19(18)33-20)29-34(30,31)15-5-3-2-4-6-15/h2-11,20,29H,1H3. The lowest BCUT2D eigenvalue weighted by molar-refractivity contribution is -0.144. The summed E-state index contributed by atoms with van der Waals surface area (Å²) in [6.45, 7) is 0.742. The van der Waals surface area contributed by atoms with Crippen molar-refractivity contribution in [3.63, 3.8) is 0 Å². The number of anilines is 1. The minimum absolute atomic E-state index is 0.00967. The summed E-state index contributed by atoms with van der Waals surface area (Å²) >= 11 is 0. The van der Waals surface area contributed by atoms with Crippen molar-refractivity contribution in [1.82, 2.24) is 0 Å². The molecular formula is C22H15F6NO4S. The van der Waals surface area contributed by atoms with Gasteiger partial charge < -0.3 is 9.47 Å². The molecule has 0 fully saturated rings. The lowest BCUT2D eigenvalue weighted by atomic mass is 9.97. The van der Waals surface area contributed by atoms with Gasteiger partial charge in [-0.05, 0) is 48.9 Å². The molecule has 0 spiro atoms.